The van der Waals surface area contributed by atoms with E-state index in [9.17, 15) is 9.59 Å². The predicted octanol–water partition coefficient (Wildman–Crippen LogP) is 5.60. The number of ether oxygens (including phenoxy) is 1. The van der Waals surface area contributed by atoms with Crippen LogP contribution >= 0.6 is 11.6 Å². The normalized spacial score (nSPS) is 15.8. The molecule has 1 aliphatic heterocycles. The Morgan fingerprint density at radius 2 is 1.88 bits per heavy atom. The molecule has 6 nitrogen and oxygen atoms in total. The Balaban J connectivity index is 1.90. The van der Waals surface area contributed by atoms with Crippen molar-refractivity contribution in [3.05, 3.63) is 58.6 Å². The van der Waals surface area contributed by atoms with Gasteiger partial charge in [0.1, 0.15) is 0 Å². The molecular weight excluding hydrogens is 450 g/mol. The largest absolute Gasteiger partial charge is 0.377 e. The second-order valence-corrected chi connectivity index (χ2v) is 10.7. The van der Waals surface area contributed by atoms with Crippen LogP contribution in [0.4, 0.5) is 11.4 Å². The van der Waals surface area contributed by atoms with Gasteiger partial charge in [0.25, 0.3) is 5.91 Å². The van der Waals surface area contributed by atoms with Crippen LogP contribution in [-0.4, -0.2) is 50.1 Å². The average molecular weight is 486 g/mol. The Morgan fingerprint density at radius 1 is 1.15 bits per heavy atom. The number of rotatable bonds is 8. The molecule has 0 bridgehead atoms. The lowest BCUT2D eigenvalue weighted by molar-refractivity contribution is -0.117. The molecule has 7 heteroatoms. The maximum Gasteiger partial charge on any atom is 0.255 e. The van der Waals surface area contributed by atoms with E-state index in [2.05, 4.69) is 5.32 Å². The molecule has 0 aromatic heterocycles. The molecule has 1 unspecified atom stereocenters. The quantitative estimate of drug-likeness (QED) is 0.528. The molecule has 1 N–H and O–H groups in total. The van der Waals surface area contributed by atoms with Gasteiger partial charge in [-0.05, 0) is 54.2 Å². The highest BCUT2D eigenvalue weighted by Crippen LogP contribution is 2.28. The first-order valence-electron chi connectivity index (χ1n) is 11.8. The summed E-state index contributed by atoms with van der Waals surface area (Å²) < 4.78 is 5.84. The van der Waals surface area contributed by atoms with Gasteiger partial charge in [-0.2, -0.15) is 0 Å². The zero-order valence-corrected chi connectivity index (χ0v) is 21.6. The number of hydrogen-bond donors (Lipinski definition) is 1. The molecule has 0 saturated carbocycles. The van der Waals surface area contributed by atoms with Gasteiger partial charge in [-0.1, -0.05) is 44.5 Å². The van der Waals surface area contributed by atoms with Gasteiger partial charge in [-0.3, -0.25) is 9.59 Å². The van der Waals surface area contributed by atoms with Crippen molar-refractivity contribution in [2.75, 3.05) is 37.5 Å². The second-order valence-electron chi connectivity index (χ2n) is 10.3. The van der Waals surface area contributed by atoms with Crippen LogP contribution in [-0.2, 0) is 16.1 Å². The van der Waals surface area contributed by atoms with Crippen LogP contribution < -0.4 is 10.2 Å². The van der Waals surface area contributed by atoms with E-state index in [-0.39, 0.29) is 23.3 Å². The fraction of sp³-hybridized carbons (Fsp3) is 0.481. The van der Waals surface area contributed by atoms with Crippen LogP contribution in [0.1, 0.15) is 56.0 Å². The molecule has 1 fully saturated rings. The number of benzene rings is 2. The fourth-order valence-electron chi connectivity index (χ4n) is 4.18. The van der Waals surface area contributed by atoms with E-state index in [1.165, 1.54) is 0 Å². The van der Waals surface area contributed by atoms with E-state index in [4.69, 9.17) is 16.3 Å². The van der Waals surface area contributed by atoms with E-state index in [1.54, 1.807) is 17.0 Å². The number of carbonyl (C=O) groups excluding carboxylic acids is 2. The lowest BCUT2D eigenvalue weighted by atomic mass is 9.92. The monoisotopic (exact) mass is 485 g/mol. The van der Waals surface area contributed by atoms with Gasteiger partial charge in [-0.25, -0.2) is 0 Å². The Labute approximate surface area is 208 Å². The van der Waals surface area contributed by atoms with Gasteiger partial charge in [0.15, 0.2) is 0 Å². The smallest absolute Gasteiger partial charge is 0.255 e. The van der Waals surface area contributed by atoms with Crippen LogP contribution in [0.3, 0.4) is 0 Å². The van der Waals surface area contributed by atoms with Gasteiger partial charge < -0.3 is 19.9 Å². The minimum atomic E-state index is -0.132. The molecular formula is C27H36ClN3O3. The molecule has 0 spiro atoms. The number of carbonyl (C=O) groups is 2. The van der Waals surface area contributed by atoms with Crippen LogP contribution in [0, 0.1) is 5.41 Å². The molecule has 34 heavy (non-hydrogen) atoms. The van der Waals surface area contributed by atoms with Gasteiger partial charge in [-0.15, -0.1) is 0 Å². The highest BCUT2D eigenvalue weighted by atomic mass is 35.5. The van der Waals surface area contributed by atoms with E-state index < -0.39 is 0 Å². The minimum absolute atomic E-state index is 0.00362. The zero-order chi connectivity index (χ0) is 24.9. The summed E-state index contributed by atoms with van der Waals surface area (Å²) in [6.45, 7) is 7.69. The van der Waals surface area contributed by atoms with Crippen molar-refractivity contribution in [3.63, 3.8) is 0 Å². The SMILES string of the molecule is CN(C)c1ccc(NC(=O)CC(C)(C)C)cc1CN(CC1CCCO1)C(=O)c1ccccc1Cl. The molecule has 2 aromatic carbocycles. The average Bonchev–Trinajstić information content (AvgIpc) is 3.25. The molecule has 0 radical (unpaired) electrons. The van der Waals surface area contributed by atoms with Gasteiger partial charge in [0, 0.05) is 51.6 Å². The Morgan fingerprint density at radius 3 is 2.50 bits per heavy atom. The maximum atomic E-state index is 13.6. The van der Waals surface area contributed by atoms with Crippen LogP contribution in [0.25, 0.3) is 0 Å². The number of anilines is 2. The number of nitrogens with zero attached hydrogens (tertiary/aromatic N) is 2. The molecule has 1 atom stereocenters. The third-order valence-corrected chi connectivity index (χ3v) is 6.07. The molecule has 3 rings (SSSR count). The number of nitrogens with one attached hydrogen (secondary N) is 1. The summed E-state index contributed by atoms with van der Waals surface area (Å²) in [4.78, 5) is 29.9. The van der Waals surface area contributed by atoms with E-state index >= 15 is 0 Å². The first kappa shape index (κ1) is 26.0. The van der Waals surface area contributed by atoms with Crippen molar-refractivity contribution in [1.29, 1.82) is 0 Å². The van der Waals surface area contributed by atoms with Crippen molar-refractivity contribution in [1.82, 2.24) is 4.90 Å². The van der Waals surface area contributed by atoms with Crippen molar-refractivity contribution in [2.45, 2.75) is 52.7 Å². The summed E-state index contributed by atoms with van der Waals surface area (Å²) in [5, 5.41) is 3.45. The van der Waals surface area contributed by atoms with Crippen LogP contribution in [0.5, 0.6) is 0 Å². The standard InChI is InChI=1S/C27H36ClN3O3/c1-27(2,3)16-25(32)29-20-12-13-24(30(4)5)19(15-20)17-31(18-21-9-8-14-34-21)26(33)22-10-6-7-11-23(22)28/h6-7,10-13,15,21H,8-9,14,16-18H2,1-5H3,(H,29,32). The summed E-state index contributed by atoms with van der Waals surface area (Å²) in [5.41, 5.74) is 3.02. The summed E-state index contributed by atoms with van der Waals surface area (Å²) in [6.07, 6.45) is 2.35. The van der Waals surface area contributed by atoms with E-state index in [0.29, 0.717) is 30.1 Å². The Hall–Kier alpha value is -2.57. The van der Waals surface area contributed by atoms with Gasteiger partial charge >= 0.3 is 0 Å². The third kappa shape index (κ3) is 7.21. The summed E-state index contributed by atoms with van der Waals surface area (Å²) in [7, 11) is 3.94. The van der Waals surface area contributed by atoms with Crippen molar-refractivity contribution >= 4 is 34.8 Å². The molecule has 2 aromatic rings. The molecule has 1 saturated heterocycles. The molecule has 0 aliphatic carbocycles. The molecule has 1 aliphatic rings. The van der Waals surface area contributed by atoms with Gasteiger partial charge in [0.2, 0.25) is 5.91 Å². The predicted molar refractivity (Wildman–Crippen MR) is 139 cm³/mol. The second kappa shape index (κ2) is 11.2. The topological polar surface area (TPSA) is 61.9 Å². The van der Waals surface area contributed by atoms with Crippen LogP contribution in [0.15, 0.2) is 42.5 Å². The van der Waals surface area contributed by atoms with Gasteiger partial charge in [0.05, 0.1) is 16.7 Å². The number of hydrogen-bond acceptors (Lipinski definition) is 4. The highest BCUT2D eigenvalue weighted by Gasteiger charge is 2.26. The molecule has 1 heterocycles. The van der Waals surface area contributed by atoms with Crippen molar-refractivity contribution in [2.24, 2.45) is 5.41 Å². The lowest BCUT2D eigenvalue weighted by Gasteiger charge is -2.28. The Kier molecular flexibility index (Phi) is 8.61. The lowest BCUT2D eigenvalue weighted by Crippen LogP contribution is -2.37. The number of amides is 2. The summed E-state index contributed by atoms with van der Waals surface area (Å²) in [6, 6.07) is 13.0. The van der Waals surface area contributed by atoms with Crippen LogP contribution in [0.2, 0.25) is 5.02 Å². The molecule has 184 valence electrons. The first-order chi connectivity index (χ1) is 16.0. The Bertz CT molecular complexity index is 1010. The maximum absolute atomic E-state index is 13.6. The molecule has 2 amide bonds. The summed E-state index contributed by atoms with van der Waals surface area (Å²) >= 11 is 6.37. The number of halogens is 1. The fourth-order valence-corrected chi connectivity index (χ4v) is 4.39. The first-order valence-corrected chi connectivity index (χ1v) is 12.2. The third-order valence-electron chi connectivity index (χ3n) is 5.74. The van der Waals surface area contributed by atoms with Crippen molar-refractivity contribution in [3.8, 4) is 0 Å². The summed E-state index contributed by atoms with van der Waals surface area (Å²) in [5.74, 6) is -0.160. The minimum Gasteiger partial charge on any atom is -0.377 e. The van der Waals surface area contributed by atoms with Crippen molar-refractivity contribution < 1.29 is 14.3 Å². The highest BCUT2D eigenvalue weighted by molar-refractivity contribution is 6.33. The zero-order valence-electron chi connectivity index (χ0n) is 20.9. The van der Waals surface area contributed by atoms with E-state index in [0.717, 1.165) is 36.4 Å². The van der Waals surface area contributed by atoms with E-state index in [1.807, 2.05) is 70.1 Å².